The van der Waals surface area contributed by atoms with Crippen LogP contribution in [-0.2, 0) is 4.79 Å². The van der Waals surface area contributed by atoms with E-state index < -0.39 is 0 Å². The molecule has 0 aliphatic heterocycles. The SMILES string of the molecule is Cc1ccccc1C(=O)N/C(=C\c1ccco1)C(=O)NC1CC2CCC1C2. The van der Waals surface area contributed by atoms with Crippen LogP contribution < -0.4 is 10.6 Å². The zero-order valence-electron chi connectivity index (χ0n) is 15.4. The first-order valence-corrected chi connectivity index (χ1v) is 9.53. The van der Waals surface area contributed by atoms with Crippen LogP contribution in [0.2, 0.25) is 0 Å². The van der Waals surface area contributed by atoms with Gasteiger partial charge in [0.05, 0.1) is 6.26 Å². The van der Waals surface area contributed by atoms with Crippen LogP contribution in [0.15, 0.2) is 52.8 Å². The number of fused-ring (bicyclic) bond motifs is 2. The van der Waals surface area contributed by atoms with Gasteiger partial charge in [0.2, 0.25) is 0 Å². The lowest BCUT2D eigenvalue weighted by atomic mass is 9.95. The summed E-state index contributed by atoms with van der Waals surface area (Å²) in [4.78, 5) is 25.6. The molecule has 3 atom stereocenters. The fourth-order valence-electron chi connectivity index (χ4n) is 4.36. The second-order valence-corrected chi connectivity index (χ2v) is 7.60. The van der Waals surface area contributed by atoms with Crippen molar-refractivity contribution in [3.63, 3.8) is 0 Å². The first-order valence-electron chi connectivity index (χ1n) is 9.53. The van der Waals surface area contributed by atoms with Gasteiger partial charge in [0, 0.05) is 17.7 Å². The molecule has 2 aliphatic rings. The Hall–Kier alpha value is -2.82. The molecule has 3 unspecified atom stereocenters. The maximum Gasteiger partial charge on any atom is 0.268 e. The molecule has 1 heterocycles. The second kappa shape index (κ2) is 7.43. The minimum Gasteiger partial charge on any atom is -0.465 e. The first kappa shape index (κ1) is 17.6. The molecule has 2 aliphatic carbocycles. The fraction of sp³-hybridized carbons (Fsp3) is 0.364. The monoisotopic (exact) mass is 364 g/mol. The number of hydrogen-bond acceptors (Lipinski definition) is 3. The Morgan fingerprint density at radius 2 is 1.96 bits per heavy atom. The second-order valence-electron chi connectivity index (χ2n) is 7.60. The molecule has 1 aromatic carbocycles. The molecule has 2 fully saturated rings. The molecule has 5 nitrogen and oxygen atoms in total. The van der Waals surface area contributed by atoms with Crippen molar-refractivity contribution in [3.05, 3.63) is 65.2 Å². The van der Waals surface area contributed by atoms with Crippen LogP contribution in [-0.4, -0.2) is 17.9 Å². The summed E-state index contributed by atoms with van der Waals surface area (Å²) in [6.45, 7) is 1.88. The lowest BCUT2D eigenvalue weighted by molar-refractivity contribution is -0.118. The topological polar surface area (TPSA) is 71.3 Å². The van der Waals surface area contributed by atoms with Crippen LogP contribution in [0.25, 0.3) is 6.08 Å². The third-order valence-electron chi connectivity index (χ3n) is 5.77. The molecule has 1 aromatic heterocycles. The van der Waals surface area contributed by atoms with Crippen LogP contribution in [0.5, 0.6) is 0 Å². The van der Waals surface area contributed by atoms with Crippen LogP contribution in [0.1, 0.15) is 47.4 Å². The number of carbonyl (C=O) groups excluding carboxylic acids is 2. The van der Waals surface area contributed by atoms with Gasteiger partial charge >= 0.3 is 0 Å². The van der Waals surface area contributed by atoms with Gasteiger partial charge < -0.3 is 15.1 Å². The number of furan rings is 1. The summed E-state index contributed by atoms with van der Waals surface area (Å²) >= 11 is 0. The average molecular weight is 364 g/mol. The number of benzene rings is 1. The molecular weight excluding hydrogens is 340 g/mol. The molecule has 0 radical (unpaired) electrons. The van der Waals surface area contributed by atoms with Crippen molar-refractivity contribution in [1.29, 1.82) is 0 Å². The highest BCUT2D eigenvalue weighted by molar-refractivity contribution is 6.05. The van der Waals surface area contributed by atoms with Gasteiger partial charge in [0.15, 0.2) is 0 Å². The molecule has 2 saturated carbocycles. The summed E-state index contributed by atoms with van der Waals surface area (Å²) < 4.78 is 5.34. The van der Waals surface area contributed by atoms with Crippen molar-refractivity contribution >= 4 is 17.9 Å². The van der Waals surface area contributed by atoms with Crippen LogP contribution in [0.3, 0.4) is 0 Å². The van der Waals surface area contributed by atoms with Crippen LogP contribution >= 0.6 is 0 Å². The fourth-order valence-corrected chi connectivity index (χ4v) is 4.36. The highest BCUT2D eigenvalue weighted by atomic mass is 16.3. The highest BCUT2D eigenvalue weighted by Crippen LogP contribution is 2.44. The molecule has 27 heavy (non-hydrogen) atoms. The average Bonchev–Trinajstić information content (AvgIpc) is 3.39. The molecule has 2 N–H and O–H groups in total. The maximum absolute atomic E-state index is 12.9. The summed E-state index contributed by atoms with van der Waals surface area (Å²) in [5.41, 5.74) is 1.62. The molecular formula is C22H24N2O3. The van der Waals surface area contributed by atoms with Gasteiger partial charge in [-0.2, -0.15) is 0 Å². The van der Waals surface area contributed by atoms with Crippen molar-refractivity contribution in [2.45, 2.75) is 38.6 Å². The Labute approximate surface area is 158 Å². The largest absolute Gasteiger partial charge is 0.465 e. The Bertz CT molecular complexity index is 869. The van der Waals surface area contributed by atoms with Crippen LogP contribution in [0.4, 0.5) is 0 Å². The smallest absolute Gasteiger partial charge is 0.268 e. The lowest BCUT2D eigenvalue weighted by Crippen LogP contribution is -2.42. The minimum absolute atomic E-state index is 0.201. The molecule has 2 bridgehead atoms. The van der Waals surface area contributed by atoms with Crippen molar-refractivity contribution in [3.8, 4) is 0 Å². The Morgan fingerprint density at radius 3 is 2.63 bits per heavy atom. The number of amides is 2. The van der Waals surface area contributed by atoms with Crippen LogP contribution in [0, 0.1) is 18.8 Å². The third kappa shape index (κ3) is 3.82. The van der Waals surface area contributed by atoms with E-state index in [1.165, 1.54) is 19.3 Å². The van der Waals surface area contributed by atoms with Crippen molar-refractivity contribution in [1.82, 2.24) is 10.6 Å². The first-order chi connectivity index (χ1) is 13.1. The van der Waals surface area contributed by atoms with Gasteiger partial charge in [-0.1, -0.05) is 24.6 Å². The molecule has 5 heteroatoms. The zero-order valence-corrected chi connectivity index (χ0v) is 15.4. The molecule has 140 valence electrons. The van der Waals surface area contributed by atoms with E-state index in [1.54, 1.807) is 30.5 Å². The number of rotatable bonds is 5. The molecule has 0 saturated heterocycles. The van der Waals surface area contributed by atoms with Crippen molar-refractivity contribution in [2.24, 2.45) is 11.8 Å². The molecule has 4 rings (SSSR count). The van der Waals surface area contributed by atoms with E-state index in [4.69, 9.17) is 4.42 Å². The third-order valence-corrected chi connectivity index (χ3v) is 5.77. The summed E-state index contributed by atoms with van der Waals surface area (Å²) in [6.07, 6.45) is 7.83. The Balaban J connectivity index is 1.53. The van der Waals surface area contributed by atoms with Crippen molar-refractivity contribution in [2.75, 3.05) is 0 Å². The quantitative estimate of drug-likeness (QED) is 0.796. The van der Waals surface area contributed by atoms with Gasteiger partial charge in [-0.15, -0.1) is 0 Å². The predicted octanol–water partition coefficient (Wildman–Crippen LogP) is 3.66. The zero-order chi connectivity index (χ0) is 18.8. The van der Waals surface area contributed by atoms with Gasteiger partial charge in [-0.25, -0.2) is 0 Å². The Kier molecular flexibility index (Phi) is 4.84. The molecule has 0 spiro atoms. The lowest BCUT2D eigenvalue weighted by Gasteiger charge is -2.23. The summed E-state index contributed by atoms with van der Waals surface area (Å²) in [5, 5.41) is 5.91. The maximum atomic E-state index is 12.9. The normalized spacial score (nSPS) is 24.0. The van der Waals surface area contributed by atoms with E-state index in [2.05, 4.69) is 10.6 Å². The van der Waals surface area contributed by atoms with Gasteiger partial charge in [0.25, 0.3) is 11.8 Å². The van der Waals surface area contributed by atoms with E-state index >= 15 is 0 Å². The number of nitrogens with one attached hydrogen (secondary N) is 2. The highest BCUT2D eigenvalue weighted by Gasteiger charge is 2.40. The standard InChI is InChI=1S/C22H24N2O3/c1-14-5-2-3-7-18(14)21(25)24-20(13-17-6-4-10-27-17)22(26)23-19-12-15-8-9-16(19)11-15/h2-7,10,13,15-16,19H,8-9,11-12H2,1H3,(H,23,26)(H,24,25)/b20-13-. The predicted molar refractivity (Wildman–Crippen MR) is 103 cm³/mol. The summed E-state index contributed by atoms with van der Waals surface area (Å²) in [7, 11) is 0. The Morgan fingerprint density at radius 1 is 1.11 bits per heavy atom. The van der Waals surface area contributed by atoms with E-state index in [0.29, 0.717) is 17.2 Å². The van der Waals surface area contributed by atoms with Gasteiger partial charge in [-0.3, -0.25) is 9.59 Å². The number of carbonyl (C=O) groups is 2. The minimum atomic E-state index is -0.297. The number of hydrogen-bond donors (Lipinski definition) is 2. The molecule has 2 aromatic rings. The van der Waals surface area contributed by atoms with E-state index in [-0.39, 0.29) is 23.6 Å². The van der Waals surface area contributed by atoms with Gasteiger partial charge in [0.1, 0.15) is 11.5 Å². The van der Waals surface area contributed by atoms with E-state index in [0.717, 1.165) is 17.9 Å². The summed E-state index contributed by atoms with van der Waals surface area (Å²) in [5.74, 6) is 1.27. The van der Waals surface area contributed by atoms with Gasteiger partial charge in [-0.05, 0) is 61.8 Å². The number of aryl methyl sites for hydroxylation is 1. The van der Waals surface area contributed by atoms with Crippen molar-refractivity contribution < 1.29 is 14.0 Å². The molecule has 2 amide bonds. The van der Waals surface area contributed by atoms with E-state index in [9.17, 15) is 9.59 Å². The summed E-state index contributed by atoms with van der Waals surface area (Å²) in [6, 6.07) is 11.0. The van der Waals surface area contributed by atoms with E-state index in [1.807, 2.05) is 25.1 Å².